The predicted octanol–water partition coefficient (Wildman–Crippen LogP) is 2.05. The zero-order valence-electron chi connectivity index (χ0n) is 9.09. The standard InChI is InChI=1S/C12H14N4/c1-9(12(13)14)16-8-11(7-15-16)10-5-3-2-4-6-10/h2-9H,1H3,(H3,13,14). The summed E-state index contributed by atoms with van der Waals surface area (Å²) in [5.41, 5.74) is 7.59. The SMILES string of the molecule is CC(C(=N)N)n1cc(-c2ccccc2)cn1. The van der Waals surface area contributed by atoms with E-state index in [9.17, 15) is 0 Å². The van der Waals surface area contributed by atoms with E-state index >= 15 is 0 Å². The fraction of sp³-hybridized carbons (Fsp3) is 0.167. The molecule has 16 heavy (non-hydrogen) atoms. The van der Waals surface area contributed by atoms with Crippen LogP contribution in [0.3, 0.4) is 0 Å². The lowest BCUT2D eigenvalue weighted by Gasteiger charge is -2.08. The number of hydrogen-bond donors (Lipinski definition) is 2. The molecule has 2 aromatic rings. The molecule has 0 aliphatic carbocycles. The van der Waals surface area contributed by atoms with Gasteiger partial charge < -0.3 is 5.73 Å². The Labute approximate surface area is 94.2 Å². The zero-order chi connectivity index (χ0) is 11.5. The van der Waals surface area contributed by atoms with E-state index in [0.717, 1.165) is 11.1 Å². The van der Waals surface area contributed by atoms with E-state index in [1.165, 1.54) is 0 Å². The van der Waals surface area contributed by atoms with Gasteiger partial charge in [0.25, 0.3) is 0 Å². The highest BCUT2D eigenvalue weighted by Crippen LogP contribution is 2.19. The van der Waals surface area contributed by atoms with Crippen LogP contribution in [0.15, 0.2) is 42.7 Å². The van der Waals surface area contributed by atoms with Crippen molar-refractivity contribution in [1.82, 2.24) is 9.78 Å². The van der Waals surface area contributed by atoms with Crippen LogP contribution in [0.1, 0.15) is 13.0 Å². The van der Waals surface area contributed by atoms with Crippen molar-refractivity contribution in [3.63, 3.8) is 0 Å². The third kappa shape index (κ3) is 1.95. The van der Waals surface area contributed by atoms with Gasteiger partial charge in [0.2, 0.25) is 0 Å². The van der Waals surface area contributed by atoms with Crippen LogP contribution in [0.2, 0.25) is 0 Å². The van der Waals surface area contributed by atoms with Crippen LogP contribution in [-0.4, -0.2) is 15.6 Å². The molecule has 82 valence electrons. The van der Waals surface area contributed by atoms with Gasteiger partial charge in [-0.2, -0.15) is 5.10 Å². The highest BCUT2D eigenvalue weighted by molar-refractivity contribution is 5.80. The van der Waals surface area contributed by atoms with E-state index in [0.29, 0.717) is 0 Å². The molecule has 0 radical (unpaired) electrons. The second-order valence-corrected chi connectivity index (χ2v) is 3.71. The molecule has 4 heteroatoms. The monoisotopic (exact) mass is 214 g/mol. The summed E-state index contributed by atoms with van der Waals surface area (Å²) >= 11 is 0. The summed E-state index contributed by atoms with van der Waals surface area (Å²) in [6.07, 6.45) is 3.69. The summed E-state index contributed by atoms with van der Waals surface area (Å²) in [7, 11) is 0. The van der Waals surface area contributed by atoms with Gasteiger partial charge in [-0.05, 0) is 12.5 Å². The van der Waals surface area contributed by atoms with Gasteiger partial charge in [0.05, 0.1) is 6.20 Å². The van der Waals surface area contributed by atoms with E-state index < -0.39 is 0 Å². The number of nitrogens with two attached hydrogens (primary N) is 1. The number of nitrogens with one attached hydrogen (secondary N) is 1. The van der Waals surface area contributed by atoms with Gasteiger partial charge in [-0.3, -0.25) is 10.1 Å². The summed E-state index contributed by atoms with van der Waals surface area (Å²) in [6, 6.07) is 9.81. The fourth-order valence-corrected chi connectivity index (χ4v) is 1.47. The van der Waals surface area contributed by atoms with E-state index in [2.05, 4.69) is 5.10 Å². The van der Waals surface area contributed by atoms with Gasteiger partial charge in [-0.1, -0.05) is 30.3 Å². The van der Waals surface area contributed by atoms with Crippen LogP contribution in [-0.2, 0) is 0 Å². The molecular formula is C12H14N4. The fourth-order valence-electron chi connectivity index (χ4n) is 1.47. The number of rotatable bonds is 3. The predicted molar refractivity (Wildman–Crippen MR) is 64.3 cm³/mol. The Hall–Kier alpha value is -2.10. The molecule has 3 N–H and O–H groups in total. The second kappa shape index (κ2) is 4.18. The minimum atomic E-state index is -0.197. The molecule has 0 saturated carbocycles. The average Bonchev–Trinajstić information content (AvgIpc) is 2.78. The van der Waals surface area contributed by atoms with Crippen LogP contribution in [0, 0.1) is 5.41 Å². The van der Waals surface area contributed by atoms with Crippen LogP contribution in [0.5, 0.6) is 0 Å². The van der Waals surface area contributed by atoms with Crippen molar-refractivity contribution in [2.45, 2.75) is 13.0 Å². The summed E-state index contributed by atoms with van der Waals surface area (Å²) in [4.78, 5) is 0. The van der Waals surface area contributed by atoms with Crippen LogP contribution in [0.4, 0.5) is 0 Å². The van der Waals surface area contributed by atoms with Crippen molar-refractivity contribution in [2.24, 2.45) is 5.73 Å². The topological polar surface area (TPSA) is 67.7 Å². The average molecular weight is 214 g/mol. The number of hydrogen-bond acceptors (Lipinski definition) is 2. The largest absolute Gasteiger partial charge is 0.386 e. The van der Waals surface area contributed by atoms with E-state index in [1.807, 2.05) is 43.5 Å². The Bertz CT molecular complexity index is 487. The number of aromatic nitrogens is 2. The Morgan fingerprint density at radius 1 is 1.31 bits per heavy atom. The third-order valence-electron chi connectivity index (χ3n) is 2.56. The molecule has 0 aliphatic rings. The van der Waals surface area contributed by atoms with Gasteiger partial charge in [0.1, 0.15) is 11.9 Å². The molecule has 1 heterocycles. The molecule has 1 aromatic carbocycles. The highest BCUT2D eigenvalue weighted by atomic mass is 15.3. The molecule has 0 spiro atoms. The lowest BCUT2D eigenvalue weighted by Crippen LogP contribution is -2.23. The minimum Gasteiger partial charge on any atom is -0.386 e. The first-order valence-electron chi connectivity index (χ1n) is 5.12. The smallest absolute Gasteiger partial charge is 0.116 e. The number of benzene rings is 1. The molecule has 0 fully saturated rings. The molecule has 4 nitrogen and oxygen atoms in total. The quantitative estimate of drug-likeness (QED) is 0.606. The highest BCUT2D eigenvalue weighted by Gasteiger charge is 2.09. The Balaban J connectivity index is 2.30. The maximum atomic E-state index is 7.37. The lowest BCUT2D eigenvalue weighted by molar-refractivity contribution is 0.602. The molecular weight excluding hydrogens is 200 g/mol. The molecule has 1 unspecified atom stereocenters. The van der Waals surface area contributed by atoms with Crippen molar-refractivity contribution in [3.8, 4) is 11.1 Å². The van der Waals surface area contributed by atoms with Crippen LogP contribution >= 0.6 is 0 Å². The van der Waals surface area contributed by atoms with Gasteiger partial charge in [-0.25, -0.2) is 0 Å². The molecule has 0 bridgehead atoms. The van der Waals surface area contributed by atoms with Crippen LogP contribution < -0.4 is 5.73 Å². The van der Waals surface area contributed by atoms with Gasteiger partial charge in [-0.15, -0.1) is 0 Å². The van der Waals surface area contributed by atoms with Crippen molar-refractivity contribution in [1.29, 1.82) is 5.41 Å². The number of nitrogens with zero attached hydrogens (tertiary/aromatic N) is 2. The maximum absolute atomic E-state index is 7.37. The Morgan fingerprint density at radius 2 is 2.00 bits per heavy atom. The van der Waals surface area contributed by atoms with Gasteiger partial charge >= 0.3 is 0 Å². The van der Waals surface area contributed by atoms with Crippen molar-refractivity contribution < 1.29 is 0 Å². The molecule has 0 amide bonds. The third-order valence-corrected chi connectivity index (χ3v) is 2.56. The molecule has 0 saturated heterocycles. The second-order valence-electron chi connectivity index (χ2n) is 3.71. The van der Waals surface area contributed by atoms with Gasteiger partial charge in [0.15, 0.2) is 0 Å². The Kier molecular flexibility index (Phi) is 2.72. The van der Waals surface area contributed by atoms with E-state index in [-0.39, 0.29) is 11.9 Å². The van der Waals surface area contributed by atoms with Gasteiger partial charge in [0, 0.05) is 11.8 Å². The molecule has 1 aromatic heterocycles. The first kappa shape index (κ1) is 10.4. The summed E-state index contributed by atoms with van der Waals surface area (Å²) < 4.78 is 1.70. The maximum Gasteiger partial charge on any atom is 0.116 e. The van der Waals surface area contributed by atoms with E-state index in [4.69, 9.17) is 11.1 Å². The van der Waals surface area contributed by atoms with Crippen molar-refractivity contribution in [3.05, 3.63) is 42.7 Å². The molecule has 2 rings (SSSR count). The summed E-state index contributed by atoms with van der Waals surface area (Å²) in [5.74, 6) is 0.114. The van der Waals surface area contributed by atoms with Crippen molar-refractivity contribution in [2.75, 3.05) is 0 Å². The zero-order valence-corrected chi connectivity index (χ0v) is 9.09. The molecule has 0 aliphatic heterocycles. The summed E-state index contributed by atoms with van der Waals surface area (Å²) in [5, 5.41) is 11.6. The normalized spacial score (nSPS) is 12.3. The first-order valence-corrected chi connectivity index (χ1v) is 5.12. The Morgan fingerprint density at radius 3 is 2.62 bits per heavy atom. The van der Waals surface area contributed by atoms with E-state index in [1.54, 1.807) is 10.9 Å². The van der Waals surface area contributed by atoms with Crippen molar-refractivity contribution >= 4 is 5.84 Å². The first-order chi connectivity index (χ1) is 7.68. The minimum absolute atomic E-state index is 0.114. The number of amidine groups is 1. The molecule has 1 atom stereocenters. The van der Waals surface area contributed by atoms with Crippen LogP contribution in [0.25, 0.3) is 11.1 Å². The lowest BCUT2D eigenvalue weighted by atomic mass is 10.1. The summed E-state index contributed by atoms with van der Waals surface area (Å²) in [6.45, 7) is 1.85.